The minimum Gasteiger partial charge on any atom is -0.481 e. The summed E-state index contributed by atoms with van der Waals surface area (Å²) in [5, 5.41) is 5.62. The number of hydrogen-bond donors (Lipinski definition) is 2. The smallest absolute Gasteiger partial charge is 0.319 e. The number of aromatic nitrogens is 1. The van der Waals surface area contributed by atoms with E-state index in [-0.39, 0.29) is 6.03 Å². The van der Waals surface area contributed by atoms with Gasteiger partial charge in [0.25, 0.3) is 0 Å². The Balaban J connectivity index is 1.96. The number of methoxy groups -OCH3 is 1. The molecule has 6 heteroatoms. The summed E-state index contributed by atoms with van der Waals surface area (Å²) in [5.41, 5.74) is 2.65. The van der Waals surface area contributed by atoms with Crippen LogP contribution in [-0.4, -0.2) is 18.1 Å². The zero-order chi connectivity index (χ0) is 15.2. The minimum absolute atomic E-state index is 0.259. The molecule has 0 aliphatic rings. The van der Waals surface area contributed by atoms with E-state index >= 15 is 0 Å². The number of nitrogens with zero attached hydrogens (tertiary/aromatic N) is 1. The largest absolute Gasteiger partial charge is 0.481 e. The number of ether oxygens (including phenoxy) is 1. The number of anilines is 1. The number of aryl methyl sites for hydroxylation is 1. The van der Waals surface area contributed by atoms with Crippen molar-refractivity contribution < 1.29 is 9.53 Å². The van der Waals surface area contributed by atoms with E-state index < -0.39 is 0 Å². The molecule has 0 bridgehead atoms. The van der Waals surface area contributed by atoms with Crippen LogP contribution in [0.25, 0.3) is 0 Å². The van der Waals surface area contributed by atoms with Crippen LogP contribution in [0, 0.1) is 10.5 Å². The summed E-state index contributed by atoms with van der Waals surface area (Å²) in [7, 11) is 1.56. The number of halogens is 1. The zero-order valence-electron chi connectivity index (χ0n) is 11.8. The molecule has 5 nitrogen and oxygen atoms in total. The first-order valence-corrected chi connectivity index (χ1v) is 7.47. The fraction of sp³-hybridized carbons (Fsp3) is 0.200. The first kappa shape index (κ1) is 15.6. The van der Waals surface area contributed by atoms with Gasteiger partial charge in [0.1, 0.15) is 0 Å². The number of hydrogen-bond acceptors (Lipinski definition) is 3. The molecule has 1 aromatic carbocycles. The number of amides is 2. The average molecular weight is 397 g/mol. The molecule has 0 spiro atoms. The average Bonchev–Trinajstić information content (AvgIpc) is 2.48. The predicted molar refractivity (Wildman–Crippen MR) is 90.5 cm³/mol. The Labute approximate surface area is 137 Å². The SMILES string of the molecule is COc1ncccc1CNC(=O)Nc1ccc(I)cc1C. The first-order valence-electron chi connectivity index (χ1n) is 6.39. The molecule has 2 rings (SSSR count). The summed E-state index contributed by atoms with van der Waals surface area (Å²) >= 11 is 2.24. The molecule has 110 valence electrons. The van der Waals surface area contributed by atoms with Crippen molar-refractivity contribution in [3.8, 4) is 5.88 Å². The van der Waals surface area contributed by atoms with Gasteiger partial charge in [-0.05, 0) is 59.3 Å². The summed E-state index contributed by atoms with van der Waals surface area (Å²) in [5.74, 6) is 0.517. The second-order valence-corrected chi connectivity index (χ2v) is 5.68. The van der Waals surface area contributed by atoms with Crippen LogP contribution in [0.3, 0.4) is 0 Å². The molecule has 0 saturated carbocycles. The van der Waals surface area contributed by atoms with Crippen LogP contribution in [0.5, 0.6) is 5.88 Å². The highest BCUT2D eigenvalue weighted by molar-refractivity contribution is 14.1. The molecule has 0 saturated heterocycles. The zero-order valence-corrected chi connectivity index (χ0v) is 14.0. The minimum atomic E-state index is -0.259. The fourth-order valence-corrected chi connectivity index (χ4v) is 2.50. The molecule has 2 aromatic rings. The van der Waals surface area contributed by atoms with Crippen molar-refractivity contribution in [2.75, 3.05) is 12.4 Å². The number of pyridine rings is 1. The highest BCUT2D eigenvalue weighted by Crippen LogP contribution is 2.18. The Morgan fingerprint density at radius 3 is 2.90 bits per heavy atom. The third-order valence-electron chi connectivity index (χ3n) is 2.92. The van der Waals surface area contributed by atoms with Crippen molar-refractivity contribution in [1.82, 2.24) is 10.3 Å². The standard InChI is InChI=1S/C15H16IN3O2/c1-10-8-12(16)5-6-13(10)19-15(20)18-9-11-4-3-7-17-14(11)21-2/h3-8H,9H2,1-2H3,(H2,18,19,20). The van der Waals surface area contributed by atoms with Crippen molar-refractivity contribution in [2.45, 2.75) is 13.5 Å². The van der Waals surface area contributed by atoms with Gasteiger partial charge in [-0.1, -0.05) is 6.07 Å². The number of benzene rings is 1. The Hall–Kier alpha value is -1.83. The van der Waals surface area contributed by atoms with E-state index in [0.717, 1.165) is 20.4 Å². The van der Waals surface area contributed by atoms with Crippen molar-refractivity contribution in [1.29, 1.82) is 0 Å². The number of nitrogens with one attached hydrogen (secondary N) is 2. The maximum atomic E-state index is 11.9. The second kappa shape index (κ2) is 7.26. The molecule has 2 amide bonds. The van der Waals surface area contributed by atoms with Crippen molar-refractivity contribution >= 4 is 34.3 Å². The van der Waals surface area contributed by atoms with E-state index in [1.54, 1.807) is 19.4 Å². The topological polar surface area (TPSA) is 63.2 Å². The van der Waals surface area contributed by atoms with Crippen molar-refractivity contribution in [2.24, 2.45) is 0 Å². The fourth-order valence-electron chi connectivity index (χ4n) is 1.85. The molecule has 1 aromatic heterocycles. The Bertz CT molecular complexity index is 647. The molecular weight excluding hydrogens is 381 g/mol. The van der Waals surface area contributed by atoms with Gasteiger partial charge in [0, 0.05) is 27.6 Å². The second-order valence-electron chi connectivity index (χ2n) is 4.44. The predicted octanol–water partition coefficient (Wildman–Crippen LogP) is 3.32. The maximum absolute atomic E-state index is 11.9. The van der Waals surface area contributed by atoms with Crippen LogP contribution >= 0.6 is 22.6 Å². The lowest BCUT2D eigenvalue weighted by molar-refractivity contribution is 0.251. The van der Waals surface area contributed by atoms with Gasteiger partial charge >= 0.3 is 6.03 Å². The normalized spacial score (nSPS) is 10.0. The molecule has 21 heavy (non-hydrogen) atoms. The number of urea groups is 1. The molecular formula is C15H16IN3O2. The number of carbonyl (C=O) groups is 1. The van der Waals surface area contributed by atoms with Gasteiger partial charge in [-0.3, -0.25) is 0 Å². The van der Waals surface area contributed by atoms with E-state index in [9.17, 15) is 4.79 Å². The van der Waals surface area contributed by atoms with Crippen LogP contribution in [0.4, 0.5) is 10.5 Å². The van der Waals surface area contributed by atoms with Crippen LogP contribution < -0.4 is 15.4 Å². The lowest BCUT2D eigenvalue weighted by Gasteiger charge is -2.11. The summed E-state index contributed by atoms with van der Waals surface area (Å²) in [6, 6.07) is 9.27. The Kier molecular flexibility index (Phi) is 5.38. The molecule has 0 unspecified atom stereocenters. The van der Waals surface area contributed by atoms with Crippen LogP contribution in [0.2, 0.25) is 0 Å². The van der Waals surface area contributed by atoms with Crippen molar-refractivity contribution in [3.63, 3.8) is 0 Å². The van der Waals surface area contributed by atoms with E-state index in [0.29, 0.717) is 12.4 Å². The third kappa shape index (κ3) is 4.32. The van der Waals surface area contributed by atoms with Gasteiger partial charge in [0.05, 0.1) is 7.11 Å². The molecule has 0 fully saturated rings. The van der Waals surface area contributed by atoms with Gasteiger partial charge < -0.3 is 15.4 Å². The molecule has 0 aliphatic heterocycles. The Morgan fingerprint density at radius 2 is 2.19 bits per heavy atom. The highest BCUT2D eigenvalue weighted by atomic mass is 127. The molecule has 0 radical (unpaired) electrons. The quantitative estimate of drug-likeness (QED) is 0.779. The molecule has 0 atom stereocenters. The third-order valence-corrected chi connectivity index (χ3v) is 3.59. The summed E-state index contributed by atoms with van der Waals surface area (Å²) in [6.45, 7) is 2.31. The van der Waals surface area contributed by atoms with Crippen LogP contribution in [0.15, 0.2) is 36.5 Å². The van der Waals surface area contributed by atoms with Gasteiger partial charge in [-0.2, -0.15) is 0 Å². The molecule has 2 N–H and O–H groups in total. The van der Waals surface area contributed by atoms with Gasteiger partial charge in [0.15, 0.2) is 0 Å². The van der Waals surface area contributed by atoms with E-state index in [1.165, 1.54) is 0 Å². The molecule has 1 heterocycles. The highest BCUT2D eigenvalue weighted by Gasteiger charge is 2.07. The van der Waals surface area contributed by atoms with Crippen LogP contribution in [0.1, 0.15) is 11.1 Å². The molecule has 0 aliphatic carbocycles. The van der Waals surface area contributed by atoms with Gasteiger partial charge in [-0.15, -0.1) is 0 Å². The maximum Gasteiger partial charge on any atom is 0.319 e. The van der Waals surface area contributed by atoms with Gasteiger partial charge in [-0.25, -0.2) is 9.78 Å². The van der Waals surface area contributed by atoms with Crippen molar-refractivity contribution in [3.05, 3.63) is 51.2 Å². The lowest BCUT2D eigenvalue weighted by Crippen LogP contribution is -2.28. The number of carbonyl (C=O) groups excluding carboxylic acids is 1. The number of rotatable bonds is 4. The van der Waals surface area contributed by atoms with E-state index in [2.05, 4.69) is 38.2 Å². The van der Waals surface area contributed by atoms with E-state index in [4.69, 9.17) is 4.74 Å². The van der Waals surface area contributed by atoms with E-state index in [1.807, 2.05) is 31.2 Å². The Morgan fingerprint density at radius 1 is 1.38 bits per heavy atom. The lowest BCUT2D eigenvalue weighted by atomic mass is 10.2. The summed E-state index contributed by atoms with van der Waals surface area (Å²) in [6.07, 6.45) is 1.65. The summed E-state index contributed by atoms with van der Waals surface area (Å²) in [4.78, 5) is 16.0. The monoisotopic (exact) mass is 397 g/mol. The first-order chi connectivity index (χ1) is 10.1. The van der Waals surface area contributed by atoms with Crippen LogP contribution in [-0.2, 0) is 6.54 Å². The summed E-state index contributed by atoms with van der Waals surface area (Å²) < 4.78 is 6.28. The van der Waals surface area contributed by atoms with Gasteiger partial charge in [0.2, 0.25) is 5.88 Å².